The normalized spacial score (nSPS) is 14.4. The summed E-state index contributed by atoms with van der Waals surface area (Å²) < 4.78 is 133. The largest absolute Gasteiger partial charge is 0.743 e. The van der Waals surface area contributed by atoms with E-state index >= 15 is 0 Å². The van der Waals surface area contributed by atoms with E-state index in [1.165, 1.54) is 14.0 Å². The van der Waals surface area contributed by atoms with Crippen molar-refractivity contribution in [3.8, 4) is 56.0 Å². The van der Waals surface area contributed by atoms with Crippen molar-refractivity contribution >= 4 is 70.0 Å². The van der Waals surface area contributed by atoms with Gasteiger partial charge >= 0.3 is 11.8 Å². The number of anilines is 2. The lowest BCUT2D eigenvalue weighted by Gasteiger charge is -2.24. The number of nitrogens with zero attached hydrogens (tertiary/aromatic N) is 4. The molecule has 470 valence electrons. The van der Waals surface area contributed by atoms with Gasteiger partial charge in [-0.15, -0.1) is 9.13 Å². The average Bonchev–Trinajstić information content (AvgIpc) is 1.67. The van der Waals surface area contributed by atoms with Gasteiger partial charge in [0.2, 0.25) is 22.9 Å². The van der Waals surface area contributed by atoms with Crippen LogP contribution < -0.4 is 33.4 Å². The van der Waals surface area contributed by atoms with E-state index in [1.807, 2.05) is 202 Å². The molecule has 0 bridgehead atoms. The predicted molar refractivity (Wildman–Crippen MR) is 351 cm³/mol. The molecular weight excluding hydrogens is 1210 g/mol. The molecule has 3 aromatic heterocycles. The van der Waals surface area contributed by atoms with Gasteiger partial charge in [-0.25, -0.2) is 21.8 Å². The third kappa shape index (κ3) is 16.1. The minimum Gasteiger partial charge on any atom is -0.743 e. The molecule has 2 aliphatic heterocycles. The molecule has 0 saturated carbocycles. The zero-order chi connectivity index (χ0) is 62.3. The topological polar surface area (TPSA) is 242 Å². The first-order chi connectivity index (χ1) is 42.9. The summed E-state index contributed by atoms with van der Waals surface area (Å²) >= 11 is 0. The number of oxazole rings is 2. The monoisotopic (exact) mass is 1280 g/mol. The van der Waals surface area contributed by atoms with Crippen molar-refractivity contribution in [2.24, 2.45) is 0 Å². The van der Waals surface area contributed by atoms with Gasteiger partial charge in [0.05, 0.1) is 17.5 Å². The summed E-state index contributed by atoms with van der Waals surface area (Å²) in [7, 11) is -13.7. The Morgan fingerprint density at radius 3 is 1.36 bits per heavy atom. The zero-order valence-electron chi connectivity index (χ0n) is 48.4. The number of aromatic nitrogens is 3. The van der Waals surface area contributed by atoms with E-state index in [9.17, 15) is 38.9 Å². The molecule has 0 radical (unpaired) electrons. The van der Waals surface area contributed by atoms with Crippen LogP contribution in [0.15, 0.2) is 239 Å². The molecule has 0 saturated heterocycles. The van der Waals surface area contributed by atoms with E-state index in [2.05, 4.69) is 28.1 Å². The molecule has 5 heterocycles. The van der Waals surface area contributed by atoms with E-state index in [1.54, 1.807) is 24.3 Å². The second-order valence-electron chi connectivity index (χ2n) is 21.1. The minimum atomic E-state index is -4.70. The number of hydrogen-bond donors (Lipinski definition) is 1. The summed E-state index contributed by atoms with van der Waals surface area (Å²) in [5.41, 5.74) is 11.7. The number of fused-ring (bicyclic) bond motifs is 4. The summed E-state index contributed by atoms with van der Waals surface area (Å²) in [5, 5.41) is 0. The lowest BCUT2D eigenvalue weighted by molar-refractivity contribution is -0.665. The van der Waals surface area contributed by atoms with Crippen LogP contribution in [-0.2, 0) is 48.5 Å². The van der Waals surface area contributed by atoms with Gasteiger partial charge in [-0.3, -0.25) is 4.55 Å². The standard InChI is InChI=1S/C33H30N2O8S2.C30H26N2O5S.C5H5N.2CH4/c1-2-23(17-32-34(21-44(36,37)38)28-19-26(13-15-30(28)42-32)24-9-5-3-6-10-24)18-33-35(22-45(39,40)41)29-20-27(14-16-31(29)43-33)25-11-7-4-8-12-25;1-2-31-25-17-23(21-9-5-3-6-10-21)13-15-27(25)36-29(31)19-30-32(20-38(33,34)35)26-18-24(14-16-28(26)37-30)22-11-7-4-8-12-22;1-2-4-6-5-3-1;;/h3-17,19-20,33H,2,18,21-22H2,1H3,(H-,36,37,38,39,40,41);3-18,29H,2,19-20H2,1H3;1-5H;2*1H4/p+1/b23-17-;;;;. The van der Waals surface area contributed by atoms with Gasteiger partial charge in [0.15, 0.2) is 45.1 Å². The molecule has 13 rings (SSSR count). The molecular formula is C70H70N5O13S3+. The highest BCUT2D eigenvalue weighted by molar-refractivity contribution is 7.85. The maximum atomic E-state index is 12.1. The molecule has 2 unspecified atom stereocenters. The predicted octanol–water partition coefficient (Wildman–Crippen LogP) is 12.9. The SMILES string of the molecule is C.C.CC/C(=C/c1oc2ccc(-c3ccccc3)cc2[n+]1CS(=O)(=O)[O-])CC1Oc2ccc(-c3ccccc3)cc2N1CS(=O)(=O)O.CCN1c2cc(-c3ccccc3)ccc2OC1Cc1oc2ccc(-c3ccccc3)cc2[n+]1CS(=O)(=O)[O-].c1cc[nH+]cc1. The number of H-pyrrole nitrogens is 1. The Balaban J connectivity index is 0.000000195. The van der Waals surface area contributed by atoms with Crippen molar-refractivity contribution in [2.45, 2.75) is 72.2 Å². The first kappa shape index (κ1) is 66.0. The van der Waals surface area contributed by atoms with Crippen molar-refractivity contribution in [1.82, 2.24) is 0 Å². The molecule has 2 N–H and O–H groups in total. The Morgan fingerprint density at radius 1 is 0.516 bits per heavy atom. The molecule has 0 amide bonds. The Morgan fingerprint density at radius 2 is 0.934 bits per heavy atom. The van der Waals surface area contributed by atoms with Gasteiger partial charge in [0.25, 0.3) is 21.2 Å². The third-order valence-corrected chi connectivity index (χ3v) is 16.8. The molecule has 2 atom stereocenters. The van der Waals surface area contributed by atoms with Gasteiger partial charge in [0, 0.05) is 37.2 Å². The van der Waals surface area contributed by atoms with E-state index in [0.717, 1.165) is 61.5 Å². The fraction of sp³-hybridized carbons (Fsp3) is 0.186. The summed E-state index contributed by atoms with van der Waals surface area (Å²) in [4.78, 5) is 6.51. The average molecular weight is 1290 g/mol. The lowest BCUT2D eigenvalue weighted by Crippen LogP contribution is -2.44. The molecule has 0 aliphatic carbocycles. The summed E-state index contributed by atoms with van der Waals surface area (Å²) in [6, 6.07) is 67.4. The van der Waals surface area contributed by atoms with Crippen LogP contribution in [0.4, 0.5) is 11.4 Å². The van der Waals surface area contributed by atoms with Crippen molar-refractivity contribution in [3.05, 3.63) is 242 Å². The van der Waals surface area contributed by atoms with Crippen molar-refractivity contribution in [2.75, 3.05) is 22.2 Å². The lowest BCUT2D eigenvalue weighted by atomic mass is 10.0. The first-order valence-corrected chi connectivity index (χ1v) is 33.3. The summed E-state index contributed by atoms with van der Waals surface area (Å²) in [5.74, 6) is -0.535. The molecule has 0 spiro atoms. The van der Waals surface area contributed by atoms with Crippen LogP contribution in [-0.4, -0.2) is 63.8 Å². The molecule has 2 aliphatic rings. The number of pyridine rings is 1. The van der Waals surface area contributed by atoms with Gasteiger partial charge in [-0.1, -0.05) is 179 Å². The minimum absolute atomic E-state index is 0. The van der Waals surface area contributed by atoms with Crippen LogP contribution in [0, 0.1) is 0 Å². The Hall–Kier alpha value is -9.48. The number of ether oxygens (including phenoxy) is 2. The highest BCUT2D eigenvalue weighted by Crippen LogP contribution is 2.43. The van der Waals surface area contributed by atoms with Crippen molar-refractivity contribution in [1.29, 1.82) is 0 Å². The van der Waals surface area contributed by atoms with Crippen LogP contribution in [0.2, 0.25) is 0 Å². The van der Waals surface area contributed by atoms with E-state index in [4.69, 9.17) is 18.3 Å². The van der Waals surface area contributed by atoms with E-state index in [-0.39, 0.29) is 33.6 Å². The van der Waals surface area contributed by atoms with Crippen LogP contribution in [0.5, 0.6) is 11.5 Å². The van der Waals surface area contributed by atoms with Gasteiger partial charge in [0.1, 0.15) is 23.8 Å². The quantitative estimate of drug-likeness (QED) is 0.0658. The zero-order valence-corrected chi connectivity index (χ0v) is 50.9. The smallest absolute Gasteiger partial charge is 0.374 e. The number of benzene rings is 8. The van der Waals surface area contributed by atoms with Gasteiger partial charge < -0.3 is 37.2 Å². The summed E-state index contributed by atoms with van der Waals surface area (Å²) in [6.45, 7) is 4.61. The van der Waals surface area contributed by atoms with Crippen molar-refractivity contribution in [3.63, 3.8) is 0 Å². The molecule has 91 heavy (non-hydrogen) atoms. The molecule has 8 aromatic carbocycles. The highest BCUT2D eigenvalue weighted by Gasteiger charge is 2.38. The molecule has 0 fully saturated rings. The first-order valence-electron chi connectivity index (χ1n) is 28.6. The van der Waals surface area contributed by atoms with Gasteiger partial charge in [-0.05, 0) is 94.3 Å². The molecule has 21 heteroatoms. The number of nitrogens with one attached hydrogen (secondary N) is 1. The van der Waals surface area contributed by atoms with E-state index < -0.39 is 60.4 Å². The highest BCUT2D eigenvalue weighted by atomic mass is 32.2. The Bertz CT molecular complexity index is 4650. The van der Waals surface area contributed by atoms with Crippen LogP contribution in [0.25, 0.3) is 72.8 Å². The van der Waals surface area contributed by atoms with Crippen LogP contribution in [0.3, 0.4) is 0 Å². The summed E-state index contributed by atoms with van der Waals surface area (Å²) in [6.07, 6.45) is 5.11. The van der Waals surface area contributed by atoms with Gasteiger partial charge in [-0.2, -0.15) is 8.42 Å². The van der Waals surface area contributed by atoms with Crippen molar-refractivity contribution < 1.29 is 71.3 Å². The Kier molecular flexibility index (Phi) is 20.7. The second-order valence-corrected chi connectivity index (χ2v) is 25.3. The molecule has 11 aromatic rings. The molecule has 18 nitrogen and oxygen atoms in total. The maximum Gasteiger partial charge on any atom is 0.374 e. The third-order valence-electron chi connectivity index (χ3n) is 15.1. The number of likely N-dealkylation sites (N-methyl/N-ethyl adjacent to an activating group) is 1. The maximum absolute atomic E-state index is 12.1. The number of rotatable bonds is 17. The van der Waals surface area contributed by atoms with E-state index in [0.29, 0.717) is 52.5 Å². The number of aromatic amines is 1. The number of hydrogen-bond acceptors (Lipinski definition) is 14. The van der Waals surface area contributed by atoms with Crippen LogP contribution >= 0.6 is 0 Å². The van der Waals surface area contributed by atoms with Crippen LogP contribution in [0.1, 0.15) is 53.3 Å². The Labute approximate surface area is 530 Å². The fourth-order valence-corrected chi connectivity index (χ4v) is 12.8. The fourth-order valence-electron chi connectivity index (χ4n) is 10.9. The second kappa shape index (κ2) is 28.6.